The molecule has 0 aromatic carbocycles. The number of hydrogen-bond donors (Lipinski definition) is 10. The Hall–Kier alpha value is -4.51. The first-order valence-corrected chi connectivity index (χ1v) is 12.0. The molecule has 0 fully saturated rings. The van der Waals surface area contributed by atoms with Crippen LogP contribution in [0.25, 0.3) is 0 Å². The van der Waals surface area contributed by atoms with E-state index in [9.17, 15) is 29.4 Å². The second-order valence-electron chi connectivity index (χ2n) is 8.80. The summed E-state index contributed by atoms with van der Waals surface area (Å²) in [7, 11) is 0. The first-order valence-electron chi connectivity index (χ1n) is 12.0. The van der Waals surface area contributed by atoms with Gasteiger partial charge in [-0.3, -0.25) is 19.4 Å². The monoisotopic (exact) mass is 549 g/mol. The van der Waals surface area contributed by atoms with E-state index >= 15 is 0 Å². The van der Waals surface area contributed by atoms with Crippen LogP contribution in [0.15, 0.2) is 30.0 Å². The Bertz CT molecular complexity index is 1100. The molecule has 39 heavy (non-hydrogen) atoms. The number of guanidine groups is 1. The van der Waals surface area contributed by atoms with Crippen molar-refractivity contribution in [2.75, 3.05) is 6.54 Å². The Morgan fingerprint density at radius 2 is 1.54 bits per heavy atom. The topological polar surface area (TPSA) is 293 Å². The van der Waals surface area contributed by atoms with Crippen LogP contribution >= 0.6 is 0 Å². The number of imidazole rings is 2. The standard InChI is InChI=1S/C22H35N11O6/c1-11(34)17(20(37)32-16(21(38)39)6-13-8-27-10-30-13)33-19(36)15(3-2-4-28-22(24)25)31-18(35)14(23)5-12-7-26-9-29-12/h7-11,14-17,34H,2-6,23H2,1H3,(H,26,29)(H,27,30)(H,31,35)(H,32,37)(H,33,36)(H,38,39)(H4,24,25,28). The normalized spacial score (nSPS) is 14.7. The number of H-pyrrole nitrogens is 2. The molecule has 0 bridgehead atoms. The van der Waals surface area contributed by atoms with Gasteiger partial charge < -0.3 is 53.3 Å². The van der Waals surface area contributed by atoms with Crippen LogP contribution in [0.5, 0.6) is 0 Å². The van der Waals surface area contributed by atoms with Gasteiger partial charge in [-0.25, -0.2) is 14.8 Å². The van der Waals surface area contributed by atoms with Crippen molar-refractivity contribution in [2.45, 2.75) is 62.9 Å². The Morgan fingerprint density at radius 1 is 0.949 bits per heavy atom. The number of carbonyl (C=O) groups excluding carboxylic acids is 3. The molecule has 5 unspecified atom stereocenters. The highest BCUT2D eigenvalue weighted by atomic mass is 16.4. The largest absolute Gasteiger partial charge is 0.480 e. The van der Waals surface area contributed by atoms with E-state index < -0.39 is 54.0 Å². The van der Waals surface area contributed by atoms with Gasteiger partial charge in [0.2, 0.25) is 17.7 Å². The maximum absolute atomic E-state index is 13.2. The third-order valence-electron chi connectivity index (χ3n) is 5.57. The van der Waals surface area contributed by atoms with Gasteiger partial charge in [-0.05, 0) is 19.8 Å². The van der Waals surface area contributed by atoms with E-state index in [4.69, 9.17) is 17.2 Å². The van der Waals surface area contributed by atoms with Gasteiger partial charge in [0.15, 0.2) is 5.96 Å². The number of rotatable bonds is 16. The van der Waals surface area contributed by atoms with Gasteiger partial charge >= 0.3 is 5.97 Å². The van der Waals surface area contributed by atoms with E-state index in [1.165, 1.54) is 32.0 Å². The summed E-state index contributed by atoms with van der Waals surface area (Å²) in [6.07, 6.45) is 4.66. The van der Waals surface area contributed by atoms with E-state index in [2.05, 4.69) is 40.9 Å². The van der Waals surface area contributed by atoms with Crippen molar-refractivity contribution in [3.05, 3.63) is 36.4 Å². The molecule has 0 spiro atoms. The second kappa shape index (κ2) is 15.0. The quantitative estimate of drug-likeness (QED) is 0.0550. The lowest BCUT2D eigenvalue weighted by Crippen LogP contribution is -2.60. The molecule has 0 saturated heterocycles. The van der Waals surface area contributed by atoms with Crippen molar-refractivity contribution in [1.29, 1.82) is 0 Å². The molecule has 5 atom stereocenters. The highest BCUT2D eigenvalue weighted by molar-refractivity contribution is 5.94. The maximum Gasteiger partial charge on any atom is 0.326 e. The van der Waals surface area contributed by atoms with Crippen LogP contribution in [0.1, 0.15) is 31.2 Å². The molecule has 0 aliphatic carbocycles. The number of nitrogens with zero attached hydrogens (tertiary/aromatic N) is 3. The van der Waals surface area contributed by atoms with Crippen molar-refractivity contribution in [2.24, 2.45) is 22.2 Å². The molecule has 2 rings (SSSR count). The van der Waals surface area contributed by atoms with Crippen LogP contribution in [-0.2, 0) is 32.0 Å². The minimum absolute atomic E-state index is 0.0663. The van der Waals surface area contributed by atoms with Gasteiger partial charge in [0, 0.05) is 43.2 Å². The van der Waals surface area contributed by atoms with Crippen LogP contribution in [0.3, 0.4) is 0 Å². The summed E-state index contributed by atoms with van der Waals surface area (Å²) < 4.78 is 0. The fourth-order valence-corrected chi connectivity index (χ4v) is 3.51. The molecule has 13 N–H and O–H groups in total. The number of aliphatic imine (C=N–C) groups is 1. The zero-order chi connectivity index (χ0) is 28.9. The molecular formula is C22H35N11O6. The number of carbonyl (C=O) groups is 4. The molecule has 0 saturated carbocycles. The number of aliphatic carboxylic acids is 1. The number of carboxylic acids is 1. The number of aromatic amines is 2. The fourth-order valence-electron chi connectivity index (χ4n) is 3.51. The van der Waals surface area contributed by atoms with Gasteiger partial charge in [-0.1, -0.05) is 0 Å². The summed E-state index contributed by atoms with van der Waals surface area (Å²) in [6.45, 7) is 1.41. The Kier molecular flexibility index (Phi) is 11.8. The molecule has 17 nitrogen and oxygen atoms in total. The van der Waals surface area contributed by atoms with Gasteiger partial charge in [-0.2, -0.15) is 0 Å². The van der Waals surface area contributed by atoms with Crippen LogP contribution in [0.2, 0.25) is 0 Å². The maximum atomic E-state index is 13.2. The van der Waals surface area contributed by atoms with E-state index in [0.717, 1.165) is 0 Å². The average molecular weight is 550 g/mol. The fraction of sp³-hybridized carbons (Fsp3) is 0.500. The van der Waals surface area contributed by atoms with Crippen LogP contribution < -0.4 is 33.2 Å². The van der Waals surface area contributed by atoms with Crippen LogP contribution in [0.4, 0.5) is 0 Å². The molecule has 2 heterocycles. The molecule has 2 aromatic heterocycles. The van der Waals surface area contributed by atoms with Crippen molar-refractivity contribution in [3.63, 3.8) is 0 Å². The molecule has 0 radical (unpaired) electrons. The van der Waals surface area contributed by atoms with Gasteiger partial charge in [0.1, 0.15) is 18.1 Å². The van der Waals surface area contributed by atoms with Crippen LogP contribution in [0, 0.1) is 0 Å². The number of carboxylic acid groups (broad SMARTS) is 1. The summed E-state index contributed by atoms with van der Waals surface area (Å²) in [4.78, 5) is 67.5. The van der Waals surface area contributed by atoms with Gasteiger partial charge in [-0.15, -0.1) is 0 Å². The smallest absolute Gasteiger partial charge is 0.326 e. The first-order chi connectivity index (χ1) is 18.5. The van der Waals surface area contributed by atoms with E-state index in [1.807, 2.05) is 0 Å². The summed E-state index contributed by atoms with van der Waals surface area (Å²) in [5.74, 6) is -3.86. The summed E-state index contributed by atoms with van der Waals surface area (Å²) >= 11 is 0. The van der Waals surface area contributed by atoms with E-state index in [-0.39, 0.29) is 38.2 Å². The number of aliphatic hydroxyl groups excluding tert-OH is 1. The number of hydrogen-bond acceptors (Lipinski definition) is 9. The van der Waals surface area contributed by atoms with Crippen molar-refractivity contribution in [1.82, 2.24) is 35.9 Å². The molecule has 214 valence electrons. The van der Waals surface area contributed by atoms with Crippen molar-refractivity contribution in [3.8, 4) is 0 Å². The zero-order valence-electron chi connectivity index (χ0n) is 21.3. The summed E-state index contributed by atoms with van der Waals surface area (Å²) in [6, 6.07) is -5.09. The van der Waals surface area contributed by atoms with E-state index in [1.54, 1.807) is 0 Å². The Labute approximate surface area is 223 Å². The minimum Gasteiger partial charge on any atom is -0.480 e. The van der Waals surface area contributed by atoms with E-state index in [0.29, 0.717) is 11.4 Å². The lowest BCUT2D eigenvalue weighted by molar-refractivity contribution is -0.143. The second-order valence-corrected chi connectivity index (χ2v) is 8.80. The zero-order valence-corrected chi connectivity index (χ0v) is 21.3. The predicted molar refractivity (Wildman–Crippen MR) is 138 cm³/mol. The number of amides is 3. The molecule has 0 aliphatic rings. The molecule has 17 heteroatoms. The van der Waals surface area contributed by atoms with Gasteiger partial charge in [0.25, 0.3) is 0 Å². The first kappa shape index (κ1) is 30.7. The summed E-state index contributed by atoms with van der Waals surface area (Å²) in [5, 5.41) is 27.0. The molecule has 2 aromatic rings. The Morgan fingerprint density at radius 3 is 2.05 bits per heavy atom. The highest BCUT2D eigenvalue weighted by Crippen LogP contribution is 2.05. The highest BCUT2D eigenvalue weighted by Gasteiger charge is 2.33. The number of aromatic nitrogens is 4. The average Bonchev–Trinajstić information content (AvgIpc) is 3.57. The number of nitrogens with two attached hydrogens (primary N) is 3. The summed E-state index contributed by atoms with van der Waals surface area (Å²) in [5.41, 5.74) is 17.7. The SMILES string of the molecule is CC(O)C(NC(=O)C(CCCN=C(N)N)NC(=O)C(N)Cc1cnc[nH]1)C(=O)NC(Cc1cnc[nH]1)C(=O)O. The van der Waals surface area contributed by atoms with Crippen molar-refractivity contribution < 1.29 is 29.4 Å². The molecule has 0 aliphatic heterocycles. The predicted octanol–water partition coefficient (Wildman–Crippen LogP) is -3.78. The number of nitrogens with one attached hydrogen (secondary N) is 5. The Balaban J connectivity index is 2.11. The molecule has 3 amide bonds. The lowest BCUT2D eigenvalue weighted by Gasteiger charge is -2.26. The van der Waals surface area contributed by atoms with Crippen molar-refractivity contribution >= 4 is 29.7 Å². The molecular weight excluding hydrogens is 514 g/mol. The lowest BCUT2D eigenvalue weighted by atomic mass is 10.1. The minimum atomic E-state index is -1.53. The third kappa shape index (κ3) is 10.4. The van der Waals surface area contributed by atoms with Gasteiger partial charge in [0.05, 0.1) is 24.8 Å². The number of aliphatic hydroxyl groups is 1. The van der Waals surface area contributed by atoms with Crippen LogP contribution in [-0.4, -0.2) is 96.6 Å². The third-order valence-corrected chi connectivity index (χ3v) is 5.57.